The normalized spacial score (nSPS) is 16.4. The van der Waals surface area contributed by atoms with Crippen molar-refractivity contribution in [2.75, 3.05) is 19.8 Å². The Kier molecular flexibility index (Phi) is 3.64. The number of rotatable bonds is 3. The lowest BCUT2D eigenvalue weighted by Gasteiger charge is -2.22. The third-order valence-electron chi connectivity index (χ3n) is 3.61. The fourth-order valence-corrected chi connectivity index (χ4v) is 2.48. The third kappa shape index (κ3) is 2.65. The van der Waals surface area contributed by atoms with E-state index in [1.165, 1.54) is 0 Å². The van der Waals surface area contributed by atoms with E-state index in [1.54, 1.807) is 22.8 Å². The summed E-state index contributed by atoms with van der Waals surface area (Å²) in [5.74, 6) is 0.402. The van der Waals surface area contributed by atoms with Gasteiger partial charge in [-0.25, -0.2) is 9.50 Å². The number of carbonyl (C=O) groups is 1. The van der Waals surface area contributed by atoms with Crippen molar-refractivity contribution in [3.63, 3.8) is 0 Å². The van der Waals surface area contributed by atoms with E-state index in [1.807, 2.05) is 6.92 Å². The molecule has 0 spiro atoms. The molecule has 3 heterocycles. The van der Waals surface area contributed by atoms with Crippen LogP contribution in [0.4, 0.5) is 0 Å². The van der Waals surface area contributed by atoms with Crippen molar-refractivity contribution < 1.29 is 9.53 Å². The lowest BCUT2D eigenvalue weighted by Crippen LogP contribution is -2.33. The summed E-state index contributed by atoms with van der Waals surface area (Å²) in [6.45, 7) is 4.14. The van der Waals surface area contributed by atoms with Crippen molar-refractivity contribution in [1.82, 2.24) is 19.9 Å². The first-order valence-electron chi connectivity index (χ1n) is 6.91. The van der Waals surface area contributed by atoms with Gasteiger partial charge in [0.1, 0.15) is 5.69 Å². The smallest absolute Gasteiger partial charge is 0.270 e. The van der Waals surface area contributed by atoms with Crippen LogP contribution in [0.15, 0.2) is 18.3 Å². The Balaban J connectivity index is 1.73. The Morgan fingerprint density at radius 2 is 2.30 bits per heavy atom. The maximum Gasteiger partial charge on any atom is 0.270 e. The molecule has 20 heavy (non-hydrogen) atoms. The molecule has 1 aliphatic rings. The van der Waals surface area contributed by atoms with Gasteiger partial charge in [0, 0.05) is 31.5 Å². The second kappa shape index (κ2) is 5.58. The minimum absolute atomic E-state index is 0.101. The minimum Gasteiger partial charge on any atom is -0.381 e. The SMILES string of the molecule is Cc1cc(C(=O)NCC2CCOCC2)n2nccc2n1. The van der Waals surface area contributed by atoms with Crippen molar-refractivity contribution in [3.05, 3.63) is 29.7 Å². The van der Waals surface area contributed by atoms with Crippen molar-refractivity contribution in [3.8, 4) is 0 Å². The van der Waals surface area contributed by atoms with Gasteiger partial charge >= 0.3 is 0 Å². The monoisotopic (exact) mass is 274 g/mol. The molecule has 0 aromatic carbocycles. The van der Waals surface area contributed by atoms with E-state index in [4.69, 9.17) is 4.74 Å². The van der Waals surface area contributed by atoms with Gasteiger partial charge < -0.3 is 10.1 Å². The average Bonchev–Trinajstić information content (AvgIpc) is 2.93. The first-order chi connectivity index (χ1) is 9.74. The molecule has 1 N–H and O–H groups in total. The molecule has 0 saturated carbocycles. The number of aryl methyl sites for hydroxylation is 1. The highest BCUT2D eigenvalue weighted by Crippen LogP contribution is 2.13. The summed E-state index contributed by atoms with van der Waals surface area (Å²) < 4.78 is 6.89. The predicted molar refractivity (Wildman–Crippen MR) is 73.6 cm³/mol. The Bertz CT molecular complexity index is 617. The number of nitrogens with zero attached hydrogens (tertiary/aromatic N) is 3. The Labute approximate surface area is 117 Å². The molecule has 0 unspecified atom stereocenters. The molecule has 1 aliphatic heterocycles. The molecule has 6 heteroatoms. The summed E-state index contributed by atoms with van der Waals surface area (Å²) in [6.07, 6.45) is 3.66. The van der Waals surface area contributed by atoms with Crippen LogP contribution in [0, 0.1) is 12.8 Å². The molecule has 1 amide bonds. The van der Waals surface area contributed by atoms with Gasteiger partial charge in [-0.3, -0.25) is 4.79 Å². The second-order valence-electron chi connectivity index (χ2n) is 5.15. The number of aromatic nitrogens is 3. The summed E-state index contributed by atoms with van der Waals surface area (Å²) in [7, 11) is 0. The first kappa shape index (κ1) is 13.1. The molecule has 0 aliphatic carbocycles. The molecular weight excluding hydrogens is 256 g/mol. The number of hydrogen-bond acceptors (Lipinski definition) is 4. The molecule has 6 nitrogen and oxygen atoms in total. The van der Waals surface area contributed by atoms with Crippen molar-refractivity contribution in [2.45, 2.75) is 19.8 Å². The number of nitrogens with one attached hydrogen (secondary N) is 1. The largest absolute Gasteiger partial charge is 0.381 e. The summed E-state index contributed by atoms with van der Waals surface area (Å²) in [6, 6.07) is 3.56. The van der Waals surface area contributed by atoms with Crippen LogP contribution in [0.25, 0.3) is 5.65 Å². The number of carbonyl (C=O) groups excluding carboxylic acids is 1. The van der Waals surface area contributed by atoms with E-state index in [9.17, 15) is 4.79 Å². The van der Waals surface area contributed by atoms with E-state index in [-0.39, 0.29) is 5.91 Å². The average molecular weight is 274 g/mol. The van der Waals surface area contributed by atoms with E-state index in [0.29, 0.717) is 23.8 Å². The maximum absolute atomic E-state index is 12.3. The summed E-state index contributed by atoms with van der Waals surface area (Å²) in [5.41, 5.74) is 2.04. The summed E-state index contributed by atoms with van der Waals surface area (Å²) in [5, 5.41) is 7.14. The van der Waals surface area contributed by atoms with Gasteiger partial charge in [-0.15, -0.1) is 0 Å². The van der Waals surface area contributed by atoms with Crippen molar-refractivity contribution in [2.24, 2.45) is 5.92 Å². The molecule has 106 valence electrons. The zero-order valence-corrected chi connectivity index (χ0v) is 11.5. The molecule has 2 aromatic heterocycles. The highest BCUT2D eigenvalue weighted by atomic mass is 16.5. The van der Waals surface area contributed by atoms with Crippen LogP contribution in [-0.2, 0) is 4.74 Å². The number of hydrogen-bond donors (Lipinski definition) is 1. The number of ether oxygens (including phenoxy) is 1. The molecule has 0 atom stereocenters. The fraction of sp³-hybridized carbons (Fsp3) is 0.500. The molecule has 2 aromatic rings. The van der Waals surface area contributed by atoms with Crippen LogP contribution in [0.2, 0.25) is 0 Å². The highest BCUT2D eigenvalue weighted by Gasteiger charge is 2.17. The second-order valence-corrected chi connectivity index (χ2v) is 5.15. The Morgan fingerprint density at radius 3 is 3.10 bits per heavy atom. The van der Waals surface area contributed by atoms with Crippen LogP contribution in [0.5, 0.6) is 0 Å². The van der Waals surface area contributed by atoms with Gasteiger partial charge in [0.05, 0.1) is 6.20 Å². The predicted octanol–water partition coefficient (Wildman–Crippen LogP) is 1.19. The van der Waals surface area contributed by atoms with E-state index in [0.717, 1.165) is 31.7 Å². The van der Waals surface area contributed by atoms with Crippen LogP contribution in [0.3, 0.4) is 0 Å². The highest BCUT2D eigenvalue weighted by molar-refractivity contribution is 5.93. The molecule has 1 saturated heterocycles. The summed E-state index contributed by atoms with van der Waals surface area (Å²) in [4.78, 5) is 16.7. The topological polar surface area (TPSA) is 68.5 Å². The lowest BCUT2D eigenvalue weighted by molar-refractivity contribution is 0.0641. The molecule has 0 bridgehead atoms. The minimum atomic E-state index is -0.101. The van der Waals surface area contributed by atoms with Gasteiger partial charge in [0.25, 0.3) is 5.91 Å². The Morgan fingerprint density at radius 1 is 1.50 bits per heavy atom. The molecular formula is C14H18N4O2. The van der Waals surface area contributed by atoms with Crippen LogP contribution in [0.1, 0.15) is 29.0 Å². The Hall–Kier alpha value is -1.95. The zero-order chi connectivity index (χ0) is 13.9. The summed E-state index contributed by atoms with van der Waals surface area (Å²) >= 11 is 0. The van der Waals surface area contributed by atoms with Crippen LogP contribution >= 0.6 is 0 Å². The van der Waals surface area contributed by atoms with E-state index >= 15 is 0 Å². The lowest BCUT2D eigenvalue weighted by atomic mass is 10.0. The van der Waals surface area contributed by atoms with Gasteiger partial charge in [0.2, 0.25) is 0 Å². The van der Waals surface area contributed by atoms with Crippen molar-refractivity contribution in [1.29, 1.82) is 0 Å². The fourth-order valence-electron chi connectivity index (χ4n) is 2.48. The van der Waals surface area contributed by atoms with Crippen LogP contribution in [-0.4, -0.2) is 40.3 Å². The van der Waals surface area contributed by atoms with Gasteiger partial charge in [-0.1, -0.05) is 0 Å². The number of amides is 1. The van der Waals surface area contributed by atoms with Crippen molar-refractivity contribution >= 4 is 11.6 Å². The standard InChI is InChI=1S/C14H18N4O2/c1-10-8-12(18-13(17-10)2-5-16-18)14(19)15-9-11-3-6-20-7-4-11/h2,5,8,11H,3-4,6-7,9H2,1H3,(H,15,19). The zero-order valence-electron chi connectivity index (χ0n) is 11.5. The van der Waals surface area contributed by atoms with Gasteiger partial charge in [-0.05, 0) is 31.7 Å². The maximum atomic E-state index is 12.3. The van der Waals surface area contributed by atoms with Gasteiger partial charge in [0.15, 0.2) is 5.65 Å². The quantitative estimate of drug-likeness (QED) is 0.913. The van der Waals surface area contributed by atoms with E-state index in [2.05, 4.69) is 15.4 Å². The van der Waals surface area contributed by atoms with Gasteiger partial charge in [-0.2, -0.15) is 5.10 Å². The number of fused-ring (bicyclic) bond motifs is 1. The molecule has 0 radical (unpaired) electrons. The van der Waals surface area contributed by atoms with Crippen LogP contribution < -0.4 is 5.32 Å². The van der Waals surface area contributed by atoms with E-state index < -0.39 is 0 Å². The molecule has 3 rings (SSSR count). The molecule has 1 fully saturated rings. The third-order valence-corrected chi connectivity index (χ3v) is 3.61. The first-order valence-corrected chi connectivity index (χ1v) is 6.91.